The second-order valence-corrected chi connectivity index (χ2v) is 12.3. The van der Waals surface area contributed by atoms with E-state index in [1.807, 2.05) is 18.2 Å². The van der Waals surface area contributed by atoms with E-state index in [9.17, 15) is 4.79 Å². The number of halogens is 3. The highest BCUT2D eigenvalue weighted by atomic mass is 35.5. The number of likely N-dealkylation sites (tertiary alicyclic amines) is 2. The van der Waals surface area contributed by atoms with Gasteiger partial charge in [-0.25, -0.2) is 4.39 Å². The standard InChI is InChI=1S/C33H35Cl2FN2O2/c34-26-16-25(17-27(35)18-26)32(24-6-2-1-3-7-24)37-14-10-22(11-15-37)21-40-31-20-30(36)29(19-28(31)23-8-9-23)33(39)38-12-4-5-13-38/h1-3,6-7,16-20,22-23,32H,4-5,8-15,21H2. The Balaban J connectivity index is 1.13. The Morgan fingerprint density at radius 1 is 0.875 bits per heavy atom. The molecule has 3 fully saturated rings. The molecule has 0 bridgehead atoms. The van der Waals surface area contributed by atoms with E-state index in [4.69, 9.17) is 27.9 Å². The van der Waals surface area contributed by atoms with Crippen molar-refractivity contribution in [2.75, 3.05) is 32.8 Å². The van der Waals surface area contributed by atoms with Crippen molar-refractivity contribution in [1.29, 1.82) is 0 Å². The first-order valence-corrected chi connectivity index (χ1v) is 15.2. The second-order valence-electron chi connectivity index (χ2n) is 11.4. The first-order chi connectivity index (χ1) is 19.5. The van der Waals surface area contributed by atoms with Gasteiger partial charge in [-0.05, 0) is 104 Å². The van der Waals surface area contributed by atoms with Crippen LogP contribution in [0.4, 0.5) is 4.39 Å². The monoisotopic (exact) mass is 580 g/mol. The molecule has 1 aliphatic carbocycles. The van der Waals surface area contributed by atoms with Gasteiger partial charge in [0.05, 0.1) is 18.2 Å². The molecule has 7 heteroatoms. The summed E-state index contributed by atoms with van der Waals surface area (Å²) in [6, 6.07) is 19.5. The van der Waals surface area contributed by atoms with Gasteiger partial charge in [-0.3, -0.25) is 9.69 Å². The van der Waals surface area contributed by atoms with Crippen molar-refractivity contribution in [1.82, 2.24) is 9.80 Å². The lowest BCUT2D eigenvalue weighted by Gasteiger charge is -2.38. The fraction of sp³-hybridized carbons (Fsp3) is 0.424. The fourth-order valence-electron chi connectivity index (χ4n) is 6.23. The van der Waals surface area contributed by atoms with E-state index < -0.39 is 5.82 Å². The number of ether oxygens (including phenoxy) is 1. The predicted octanol–water partition coefficient (Wildman–Crippen LogP) is 8.13. The molecule has 2 aliphatic heterocycles. The van der Waals surface area contributed by atoms with Crippen LogP contribution in [0, 0.1) is 11.7 Å². The number of piperidine rings is 1. The third-order valence-corrected chi connectivity index (χ3v) is 8.98. The molecule has 40 heavy (non-hydrogen) atoms. The summed E-state index contributed by atoms with van der Waals surface area (Å²) in [7, 11) is 0. The van der Waals surface area contributed by atoms with Gasteiger partial charge in [-0.2, -0.15) is 0 Å². The lowest BCUT2D eigenvalue weighted by atomic mass is 9.91. The summed E-state index contributed by atoms with van der Waals surface area (Å²) in [6.07, 6.45) is 6.05. The normalized spacial score (nSPS) is 19.1. The van der Waals surface area contributed by atoms with Crippen LogP contribution >= 0.6 is 23.2 Å². The smallest absolute Gasteiger partial charge is 0.256 e. The molecule has 2 saturated heterocycles. The van der Waals surface area contributed by atoms with Crippen molar-refractivity contribution >= 4 is 29.1 Å². The number of benzene rings is 3. The van der Waals surface area contributed by atoms with E-state index in [1.165, 1.54) is 11.6 Å². The van der Waals surface area contributed by atoms with Gasteiger partial charge in [-0.1, -0.05) is 53.5 Å². The third-order valence-electron chi connectivity index (χ3n) is 8.55. The van der Waals surface area contributed by atoms with Gasteiger partial charge in [-0.15, -0.1) is 0 Å². The summed E-state index contributed by atoms with van der Waals surface area (Å²) in [5.41, 5.74) is 3.48. The minimum atomic E-state index is -0.475. The topological polar surface area (TPSA) is 32.8 Å². The van der Waals surface area contributed by atoms with Crippen molar-refractivity contribution in [2.24, 2.45) is 5.92 Å². The molecule has 6 rings (SSSR count). The van der Waals surface area contributed by atoms with Crippen LogP contribution in [-0.2, 0) is 0 Å². The molecule has 2 heterocycles. The Kier molecular flexibility index (Phi) is 8.34. The molecule has 1 amide bonds. The quantitative estimate of drug-likeness (QED) is 0.269. The summed E-state index contributed by atoms with van der Waals surface area (Å²) in [5.74, 6) is 0.674. The minimum absolute atomic E-state index is 0.0653. The molecule has 0 radical (unpaired) electrons. The van der Waals surface area contributed by atoms with E-state index in [0.717, 1.165) is 62.7 Å². The Bertz CT molecular complexity index is 1330. The molecule has 0 N–H and O–H groups in total. The summed E-state index contributed by atoms with van der Waals surface area (Å²) >= 11 is 12.8. The molecule has 0 aromatic heterocycles. The van der Waals surface area contributed by atoms with Crippen LogP contribution in [0.1, 0.15) is 77.5 Å². The maximum absolute atomic E-state index is 15.1. The summed E-state index contributed by atoms with van der Waals surface area (Å²) < 4.78 is 21.4. The molecular formula is C33H35Cl2FN2O2. The molecule has 210 valence electrons. The Morgan fingerprint density at radius 2 is 1.55 bits per heavy atom. The van der Waals surface area contributed by atoms with Crippen molar-refractivity contribution < 1.29 is 13.9 Å². The zero-order chi connectivity index (χ0) is 27.6. The Hall–Kier alpha value is -2.60. The number of carbonyl (C=O) groups excluding carboxylic acids is 1. The number of rotatable bonds is 8. The molecular weight excluding hydrogens is 546 g/mol. The first kappa shape index (κ1) is 27.6. The fourth-order valence-corrected chi connectivity index (χ4v) is 6.78. The van der Waals surface area contributed by atoms with E-state index >= 15 is 4.39 Å². The van der Waals surface area contributed by atoms with Gasteiger partial charge in [0.25, 0.3) is 5.91 Å². The van der Waals surface area contributed by atoms with Gasteiger partial charge in [0.2, 0.25) is 0 Å². The van der Waals surface area contributed by atoms with Crippen LogP contribution in [0.5, 0.6) is 5.75 Å². The maximum atomic E-state index is 15.1. The van der Waals surface area contributed by atoms with Gasteiger partial charge in [0.1, 0.15) is 11.6 Å². The summed E-state index contributed by atoms with van der Waals surface area (Å²) in [4.78, 5) is 17.2. The predicted molar refractivity (Wildman–Crippen MR) is 158 cm³/mol. The van der Waals surface area contributed by atoms with Crippen LogP contribution in [0.15, 0.2) is 60.7 Å². The van der Waals surface area contributed by atoms with Crippen LogP contribution in [0.2, 0.25) is 10.0 Å². The Morgan fingerprint density at radius 3 is 2.20 bits per heavy atom. The lowest BCUT2D eigenvalue weighted by Crippen LogP contribution is -2.38. The number of nitrogens with zero attached hydrogens (tertiary/aromatic N) is 2. The van der Waals surface area contributed by atoms with Gasteiger partial charge >= 0.3 is 0 Å². The maximum Gasteiger partial charge on any atom is 0.256 e. The third kappa shape index (κ3) is 6.17. The summed E-state index contributed by atoms with van der Waals surface area (Å²) in [5, 5.41) is 1.28. The zero-order valence-corrected chi connectivity index (χ0v) is 24.1. The molecule has 0 spiro atoms. The van der Waals surface area contributed by atoms with E-state index in [0.29, 0.717) is 47.3 Å². The minimum Gasteiger partial charge on any atom is -0.493 e. The van der Waals surface area contributed by atoms with Gasteiger partial charge in [0.15, 0.2) is 0 Å². The van der Waals surface area contributed by atoms with Crippen molar-refractivity contribution in [3.63, 3.8) is 0 Å². The summed E-state index contributed by atoms with van der Waals surface area (Å²) in [6.45, 7) is 3.79. The average molecular weight is 582 g/mol. The molecule has 4 nitrogen and oxygen atoms in total. The molecule has 3 aromatic rings. The Labute approximate surface area is 246 Å². The molecule has 1 unspecified atom stereocenters. The molecule has 3 aliphatic rings. The number of carbonyl (C=O) groups is 1. The number of hydrogen-bond acceptors (Lipinski definition) is 3. The number of amides is 1. The molecule has 3 aromatic carbocycles. The largest absolute Gasteiger partial charge is 0.493 e. The van der Waals surface area contributed by atoms with Gasteiger partial charge in [0, 0.05) is 29.2 Å². The van der Waals surface area contributed by atoms with Crippen molar-refractivity contribution in [3.8, 4) is 5.75 Å². The molecule has 1 atom stereocenters. The number of hydrogen-bond donors (Lipinski definition) is 0. The van der Waals surface area contributed by atoms with Gasteiger partial charge < -0.3 is 9.64 Å². The second kappa shape index (κ2) is 12.1. The molecule has 1 saturated carbocycles. The first-order valence-electron chi connectivity index (χ1n) is 14.5. The van der Waals surface area contributed by atoms with Crippen LogP contribution < -0.4 is 4.74 Å². The van der Waals surface area contributed by atoms with Crippen molar-refractivity contribution in [2.45, 2.75) is 50.5 Å². The van der Waals surface area contributed by atoms with Crippen molar-refractivity contribution in [3.05, 3.63) is 98.8 Å². The van der Waals surface area contributed by atoms with E-state index in [2.05, 4.69) is 29.2 Å². The van der Waals surface area contributed by atoms with E-state index in [-0.39, 0.29) is 17.5 Å². The zero-order valence-electron chi connectivity index (χ0n) is 22.6. The highest BCUT2D eigenvalue weighted by Crippen LogP contribution is 2.45. The van der Waals surface area contributed by atoms with Crippen LogP contribution in [0.25, 0.3) is 0 Å². The SMILES string of the molecule is O=C(c1cc(C2CC2)c(OCC2CCN(C(c3ccccc3)c3cc(Cl)cc(Cl)c3)CC2)cc1F)N1CCCC1. The van der Waals surface area contributed by atoms with E-state index in [1.54, 1.807) is 17.0 Å². The average Bonchev–Trinajstić information content (AvgIpc) is 3.65. The van der Waals surface area contributed by atoms with Crippen LogP contribution in [-0.4, -0.2) is 48.5 Å². The van der Waals surface area contributed by atoms with Crippen LogP contribution in [0.3, 0.4) is 0 Å². The lowest BCUT2D eigenvalue weighted by molar-refractivity contribution is 0.0788. The highest BCUT2D eigenvalue weighted by molar-refractivity contribution is 6.34. The highest BCUT2D eigenvalue weighted by Gasteiger charge is 2.32.